The number of hydrogen-bond donors (Lipinski definition) is 2. The van der Waals surface area contributed by atoms with Crippen molar-refractivity contribution in [2.24, 2.45) is 5.73 Å². The SMILES string of the molecule is C/C(N)=C\C[N+]1(C)CC/C=C\C=C(/C)C1c1c(C)cc(C(F)(F)F)cc1O.CC.CC. The number of quaternary nitrogens is 1. The van der Waals surface area contributed by atoms with E-state index in [1.54, 1.807) is 6.92 Å². The number of aryl methyl sites for hydroxylation is 1. The van der Waals surface area contributed by atoms with Crippen molar-refractivity contribution in [1.82, 2.24) is 0 Å². The molecule has 2 atom stereocenters. The first-order valence-electron chi connectivity index (χ1n) is 11.0. The third-order valence-electron chi connectivity index (χ3n) is 5.15. The lowest BCUT2D eigenvalue weighted by Crippen LogP contribution is -2.49. The van der Waals surface area contributed by atoms with Gasteiger partial charge < -0.3 is 15.3 Å². The average molecular weight is 442 g/mol. The molecule has 1 heterocycles. The van der Waals surface area contributed by atoms with E-state index in [9.17, 15) is 18.3 Å². The number of allylic oxidation sites excluding steroid dienone is 3. The van der Waals surface area contributed by atoms with Crippen LogP contribution in [0.15, 0.2) is 47.7 Å². The Labute approximate surface area is 186 Å². The molecule has 31 heavy (non-hydrogen) atoms. The van der Waals surface area contributed by atoms with E-state index in [1.165, 1.54) is 0 Å². The summed E-state index contributed by atoms with van der Waals surface area (Å²) in [5.41, 5.74) is 7.65. The molecule has 0 saturated heterocycles. The standard InChI is InChI=1S/C21H27F3N2O.2C2H6/c1-14-8-6-5-7-10-26(4,11-9-16(3)25)20(14)19-15(2)12-17(13-18(19)27)21(22,23)24;2*1-2/h5-6,8-9,12-13,20H,7,10-11,25H2,1-4H3;2*1-2H3/p+1/b6-5-,14-8+,16-9+;;. The average Bonchev–Trinajstić information content (AvgIpc) is 2.70. The van der Waals surface area contributed by atoms with Crippen molar-refractivity contribution in [2.75, 3.05) is 20.1 Å². The van der Waals surface area contributed by atoms with Crippen LogP contribution in [0, 0.1) is 6.92 Å². The van der Waals surface area contributed by atoms with Gasteiger partial charge in [0.1, 0.15) is 11.8 Å². The molecule has 0 saturated carbocycles. The van der Waals surface area contributed by atoms with Gasteiger partial charge in [-0.15, -0.1) is 0 Å². The number of benzene rings is 1. The van der Waals surface area contributed by atoms with Crippen LogP contribution in [0.5, 0.6) is 5.75 Å². The summed E-state index contributed by atoms with van der Waals surface area (Å²) in [7, 11) is 2.05. The molecular formula is C25H40F3N2O+. The highest BCUT2D eigenvalue weighted by molar-refractivity contribution is 5.47. The Hall–Kier alpha value is -2.21. The van der Waals surface area contributed by atoms with Gasteiger partial charge in [0.25, 0.3) is 0 Å². The van der Waals surface area contributed by atoms with Gasteiger partial charge in [-0.05, 0) is 50.1 Å². The van der Waals surface area contributed by atoms with Crippen molar-refractivity contribution < 1.29 is 22.8 Å². The van der Waals surface area contributed by atoms with E-state index in [-0.39, 0.29) is 11.8 Å². The Morgan fingerprint density at radius 1 is 1.19 bits per heavy atom. The van der Waals surface area contributed by atoms with E-state index < -0.39 is 11.7 Å². The summed E-state index contributed by atoms with van der Waals surface area (Å²) in [4.78, 5) is 0. The monoisotopic (exact) mass is 441 g/mol. The summed E-state index contributed by atoms with van der Waals surface area (Å²) in [5.74, 6) is -0.317. The first-order valence-corrected chi connectivity index (χ1v) is 11.0. The molecule has 1 aromatic rings. The number of aromatic hydroxyl groups is 1. The second-order valence-electron chi connectivity index (χ2n) is 7.59. The zero-order valence-corrected chi connectivity index (χ0v) is 20.3. The minimum atomic E-state index is -4.49. The van der Waals surface area contributed by atoms with Crippen LogP contribution in [0.2, 0.25) is 0 Å². The summed E-state index contributed by atoms with van der Waals surface area (Å²) in [6, 6.07) is 1.68. The molecule has 3 N–H and O–H groups in total. The van der Waals surface area contributed by atoms with Gasteiger partial charge >= 0.3 is 6.18 Å². The molecular weight excluding hydrogens is 401 g/mol. The molecule has 1 aromatic carbocycles. The lowest BCUT2D eigenvalue weighted by atomic mass is 9.89. The second kappa shape index (κ2) is 12.6. The minimum absolute atomic E-state index is 0.271. The minimum Gasteiger partial charge on any atom is -0.507 e. The quantitative estimate of drug-likeness (QED) is 0.495. The van der Waals surface area contributed by atoms with Crippen molar-refractivity contribution in [3.05, 3.63) is 64.4 Å². The first-order chi connectivity index (χ1) is 14.5. The van der Waals surface area contributed by atoms with Crippen LogP contribution in [-0.2, 0) is 6.18 Å². The van der Waals surface area contributed by atoms with E-state index in [1.807, 2.05) is 59.8 Å². The maximum absolute atomic E-state index is 13.1. The second-order valence-corrected chi connectivity index (χ2v) is 7.59. The maximum atomic E-state index is 13.1. The fourth-order valence-electron chi connectivity index (χ4n) is 3.79. The highest BCUT2D eigenvalue weighted by Gasteiger charge is 2.39. The molecule has 6 heteroatoms. The van der Waals surface area contributed by atoms with Crippen LogP contribution in [0.3, 0.4) is 0 Å². The summed E-state index contributed by atoms with van der Waals surface area (Å²) in [6.45, 7) is 14.8. The molecule has 0 bridgehead atoms. The Kier molecular flexibility index (Phi) is 11.7. The number of nitrogens with zero attached hydrogens (tertiary/aromatic N) is 1. The highest BCUT2D eigenvalue weighted by atomic mass is 19.4. The van der Waals surface area contributed by atoms with Crippen LogP contribution >= 0.6 is 0 Å². The number of hydrogen-bond acceptors (Lipinski definition) is 2. The van der Waals surface area contributed by atoms with Crippen LogP contribution in [0.1, 0.15) is 70.7 Å². The lowest BCUT2D eigenvalue weighted by Gasteiger charge is -2.43. The molecule has 0 fully saturated rings. The van der Waals surface area contributed by atoms with Gasteiger partial charge in [-0.25, -0.2) is 0 Å². The smallest absolute Gasteiger partial charge is 0.416 e. The van der Waals surface area contributed by atoms with Crippen LogP contribution in [0.25, 0.3) is 0 Å². The zero-order valence-electron chi connectivity index (χ0n) is 20.3. The zero-order chi connectivity index (χ0) is 24.4. The van der Waals surface area contributed by atoms with Gasteiger partial charge in [0, 0.05) is 12.1 Å². The van der Waals surface area contributed by atoms with Crippen LogP contribution in [-0.4, -0.2) is 29.7 Å². The third-order valence-corrected chi connectivity index (χ3v) is 5.15. The summed E-state index contributed by atoms with van der Waals surface area (Å²) in [5, 5.41) is 10.6. The normalized spacial score (nSPS) is 24.3. The number of rotatable bonds is 3. The molecule has 2 unspecified atom stereocenters. The molecule has 0 amide bonds. The van der Waals surface area contributed by atoms with Crippen LogP contribution < -0.4 is 5.73 Å². The van der Waals surface area contributed by atoms with Gasteiger partial charge in [-0.3, -0.25) is 0 Å². The molecule has 0 aromatic heterocycles. The maximum Gasteiger partial charge on any atom is 0.416 e. The number of likely N-dealkylation sites (N-methyl/N-ethyl adjacent to an activating group) is 1. The lowest BCUT2D eigenvalue weighted by molar-refractivity contribution is -0.928. The molecule has 0 radical (unpaired) electrons. The molecule has 0 aliphatic carbocycles. The number of phenols is 1. The van der Waals surface area contributed by atoms with Gasteiger partial charge in [-0.2, -0.15) is 13.2 Å². The molecule has 1 aliphatic heterocycles. The van der Waals surface area contributed by atoms with E-state index in [2.05, 4.69) is 13.1 Å². The number of phenolic OH excluding ortho intramolecular Hbond substituents is 1. The predicted octanol–water partition coefficient (Wildman–Crippen LogP) is 7.03. The third kappa shape index (κ3) is 7.76. The van der Waals surface area contributed by atoms with Gasteiger partial charge in [0.2, 0.25) is 0 Å². The van der Waals surface area contributed by atoms with Gasteiger partial charge in [-0.1, -0.05) is 45.9 Å². The van der Waals surface area contributed by atoms with Crippen molar-refractivity contribution in [3.8, 4) is 5.75 Å². The van der Waals surface area contributed by atoms with Crippen molar-refractivity contribution >= 4 is 0 Å². The Morgan fingerprint density at radius 3 is 2.26 bits per heavy atom. The van der Waals surface area contributed by atoms with Gasteiger partial charge in [0.05, 0.1) is 31.3 Å². The van der Waals surface area contributed by atoms with Crippen LogP contribution in [0.4, 0.5) is 13.2 Å². The molecule has 1 aliphatic rings. The Bertz CT molecular complexity index is 767. The fourth-order valence-corrected chi connectivity index (χ4v) is 3.79. The fraction of sp³-hybridized carbons (Fsp3) is 0.520. The number of halogens is 3. The number of nitrogens with two attached hydrogens (primary N) is 1. The Morgan fingerprint density at radius 2 is 1.77 bits per heavy atom. The van der Waals surface area contributed by atoms with Gasteiger partial charge in [0.15, 0.2) is 0 Å². The van der Waals surface area contributed by atoms with Crippen molar-refractivity contribution in [1.29, 1.82) is 0 Å². The predicted molar refractivity (Wildman–Crippen MR) is 125 cm³/mol. The summed E-state index contributed by atoms with van der Waals surface area (Å²) >= 11 is 0. The molecule has 176 valence electrons. The Balaban J connectivity index is 0.00000212. The highest BCUT2D eigenvalue weighted by Crippen LogP contribution is 2.43. The molecule has 3 nitrogen and oxygen atoms in total. The molecule has 2 rings (SSSR count). The summed E-state index contributed by atoms with van der Waals surface area (Å²) in [6.07, 6.45) is 4.28. The molecule has 0 spiro atoms. The first kappa shape index (κ1) is 28.8. The van der Waals surface area contributed by atoms with E-state index >= 15 is 0 Å². The van der Waals surface area contributed by atoms with E-state index in [4.69, 9.17) is 5.73 Å². The van der Waals surface area contributed by atoms with Crippen molar-refractivity contribution in [2.45, 2.75) is 67.1 Å². The van der Waals surface area contributed by atoms with E-state index in [0.717, 1.165) is 30.7 Å². The topological polar surface area (TPSA) is 46.2 Å². The largest absolute Gasteiger partial charge is 0.507 e. The van der Waals surface area contributed by atoms with E-state index in [0.29, 0.717) is 27.9 Å². The number of alkyl halides is 3. The summed E-state index contributed by atoms with van der Waals surface area (Å²) < 4.78 is 39.9. The van der Waals surface area contributed by atoms with Crippen molar-refractivity contribution in [3.63, 3.8) is 0 Å².